The lowest BCUT2D eigenvalue weighted by Crippen LogP contribution is -2.10. The summed E-state index contributed by atoms with van der Waals surface area (Å²) in [6.45, 7) is 6.36. The van der Waals surface area contributed by atoms with Gasteiger partial charge in [-0.15, -0.1) is 0 Å². The Hall–Kier alpha value is -1.95. The van der Waals surface area contributed by atoms with Crippen LogP contribution in [0.4, 0.5) is 5.95 Å². The summed E-state index contributed by atoms with van der Waals surface area (Å²) in [5, 5.41) is 7.60. The molecule has 0 saturated carbocycles. The van der Waals surface area contributed by atoms with Crippen molar-refractivity contribution in [3.8, 4) is 11.3 Å². The second kappa shape index (κ2) is 6.29. The van der Waals surface area contributed by atoms with Gasteiger partial charge in [-0.2, -0.15) is 5.10 Å². The van der Waals surface area contributed by atoms with E-state index in [0.29, 0.717) is 12.5 Å². The molecular weight excluding hydrogens is 240 g/mol. The molecule has 2 aromatic heterocycles. The maximum Gasteiger partial charge on any atom is 0.223 e. The number of nitrogens with two attached hydrogens (primary N) is 1. The van der Waals surface area contributed by atoms with Crippen molar-refractivity contribution in [2.24, 2.45) is 5.73 Å². The molecule has 6 nitrogen and oxygen atoms in total. The number of hydrogen-bond acceptors (Lipinski definition) is 5. The Labute approximate surface area is 113 Å². The largest absolute Gasteiger partial charge is 0.354 e. The van der Waals surface area contributed by atoms with E-state index in [2.05, 4.69) is 27.3 Å². The number of rotatable bonds is 6. The molecule has 0 atom stereocenters. The first-order chi connectivity index (χ1) is 9.24. The number of aromatic nitrogens is 4. The summed E-state index contributed by atoms with van der Waals surface area (Å²) in [5.74, 6) is 0.634. The van der Waals surface area contributed by atoms with Crippen molar-refractivity contribution < 1.29 is 0 Å². The molecule has 0 aromatic carbocycles. The van der Waals surface area contributed by atoms with E-state index >= 15 is 0 Å². The standard InChI is InChI=1S/C13H20N6/c1-3-19-9-11(10(2)18-19)12-5-8-16-13(17-12)15-7-4-6-14/h5,8-9H,3-4,6-7,14H2,1-2H3,(H,15,16,17). The normalized spacial score (nSPS) is 10.7. The molecule has 0 radical (unpaired) electrons. The van der Waals surface area contributed by atoms with Crippen molar-refractivity contribution in [3.05, 3.63) is 24.2 Å². The Balaban J connectivity index is 2.19. The molecule has 2 aromatic rings. The van der Waals surface area contributed by atoms with Gasteiger partial charge in [0.1, 0.15) is 0 Å². The maximum atomic E-state index is 5.46. The van der Waals surface area contributed by atoms with Crippen LogP contribution in [0.2, 0.25) is 0 Å². The smallest absolute Gasteiger partial charge is 0.223 e. The van der Waals surface area contributed by atoms with Crippen molar-refractivity contribution in [2.45, 2.75) is 26.8 Å². The first-order valence-corrected chi connectivity index (χ1v) is 6.56. The van der Waals surface area contributed by atoms with Crippen LogP contribution in [-0.4, -0.2) is 32.8 Å². The summed E-state index contributed by atoms with van der Waals surface area (Å²) < 4.78 is 1.91. The molecule has 0 aliphatic rings. The minimum absolute atomic E-state index is 0.634. The molecule has 6 heteroatoms. The summed E-state index contributed by atoms with van der Waals surface area (Å²) in [5.41, 5.74) is 8.38. The molecule has 0 unspecified atom stereocenters. The Bertz CT molecular complexity index is 534. The fourth-order valence-electron chi connectivity index (χ4n) is 1.83. The molecular formula is C13H20N6. The Morgan fingerprint density at radius 1 is 1.42 bits per heavy atom. The lowest BCUT2D eigenvalue weighted by Gasteiger charge is -2.05. The van der Waals surface area contributed by atoms with Crippen LogP contribution >= 0.6 is 0 Å². The third-order valence-corrected chi connectivity index (χ3v) is 2.87. The molecule has 0 spiro atoms. The van der Waals surface area contributed by atoms with E-state index in [4.69, 9.17) is 5.73 Å². The highest BCUT2D eigenvalue weighted by atomic mass is 15.3. The minimum Gasteiger partial charge on any atom is -0.354 e. The van der Waals surface area contributed by atoms with E-state index in [1.54, 1.807) is 6.20 Å². The third-order valence-electron chi connectivity index (χ3n) is 2.87. The van der Waals surface area contributed by atoms with E-state index in [1.165, 1.54) is 0 Å². The number of nitrogens with one attached hydrogen (secondary N) is 1. The van der Waals surface area contributed by atoms with Crippen LogP contribution in [0.3, 0.4) is 0 Å². The first kappa shape index (κ1) is 13.5. The number of anilines is 1. The van der Waals surface area contributed by atoms with E-state index < -0.39 is 0 Å². The average Bonchev–Trinajstić information content (AvgIpc) is 2.81. The van der Waals surface area contributed by atoms with Crippen LogP contribution in [0, 0.1) is 6.92 Å². The molecule has 0 bridgehead atoms. The molecule has 0 amide bonds. The molecule has 3 N–H and O–H groups in total. The fourth-order valence-corrected chi connectivity index (χ4v) is 1.83. The highest BCUT2D eigenvalue weighted by Crippen LogP contribution is 2.20. The van der Waals surface area contributed by atoms with Crippen LogP contribution in [-0.2, 0) is 6.54 Å². The second-order valence-corrected chi connectivity index (χ2v) is 4.32. The van der Waals surface area contributed by atoms with E-state index in [-0.39, 0.29) is 0 Å². The zero-order valence-corrected chi connectivity index (χ0v) is 11.4. The van der Waals surface area contributed by atoms with Gasteiger partial charge in [0.25, 0.3) is 0 Å². The predicted octanol–water partition coefficient (Wildman–Crippen LogP) is 1.43. The van der Waals surface area contributed by atoms with E-state index in [9.17, 15) is 0 Å². The highest BCUT2D eigenvalue weighted by molar-refractivity contribution is 5.61. The SMILES string of the molecule is CCn1cc(-c2ccnc(NCCCN)n2)c(C)n1. The number of nitrogens with zero attached hydrogens (tertiary/aromatic N) is 4. The van der Waals surface area contributed by atoms with Crippen molar-refractivity contribution in [1.29, 1.82) is 0 Å². The molecule has 2 heterocycles. The van der Waals surface area contributed by atoms with Gasteiger partial charge in [0.2, 0.25) is 5.95 Å². The zero-order valence-electron chi connectivity index (χ0n) is 11.4. The highest BCUT2D eigenvalue weighted by Gasteiger charge is 2.09. The zero-order chi connectivity index (χ0) is 13.7. The molecule has 0 saturated heterocycles. The average molecular weight is 260 g/mol. The van der Waals surface area contributed by atoms with Gasteiger partial charge in [0.15, 0.2) is 0 Å². The van der Waals surface area contributed by atoms with Crippen molar-refractivity contribution in [2.75, 3.05) is 18.4 Å². The van der Waals surface area contributed by atoms with E-state index in [1.807, 2.05) is 23.9 Å². The van der Waals surface area contributed by atoms with Crippen LogP contribution < -0.4 is 11.1 Å². The van der Waals surface area contributed by atoms with Gasteiger partial charge < -0.3 is 11.1 Å². The summed E-state index contributed by atoms with van der Waals surface area (Å²) in [7, 11) is 0. The van der Waals surface area contributed by atoms with Gasteiger partial charge in [-0.05, 0) is 32.9 Å². The molecule has 19 heavy (non-hydrogen) atoms. The van der Waals surface area contributed by atoms with Gasteiger partial charge >= 0.3 is 0 Å². The Morgan fingerprint density at radius 3 is 2.95 bits per heavy atom. The van der Waals surface area contributed by atoms with Crippen LogP contribution in [0.5, 0.6) is 0 Å². The lowest BCUT2D eigenvalue weighted by molar-refractivity contribution is 0.653. The van der Waals surface area contributed by atoms with Crippen LogP contribution in [0.1, 0.15) is 19.0 Å². The number of aryl methyl sites for hydroxylation is 2. The molecule has 102 valence electrons. The monoisotopic (exact) mass is 260 g/mol. The Morgan fingerprint density at radius 2 is 2.26 bits per heavy atom. The summed E-state index contributed by atoms with van der Waals surface area (Å²) in [6, 6.07) is 1.90. The Kier molecular flexibility index (Phi) is 4.46. The third kappa shape index (κ3) is 3.29. The summed E-state index contributed by atoms with van der Waals surface area (Å²) in [4.78, 5) is 8.71. The maximum absolute atomic E-state index is 5.46. The van der Waals surface area contributed by atoms with Gasteiger partial charge in [0, 0.05) is 31.0 Å². The number of hydrogen-bond donors (Lipinski definition) is 2. The van der Waals surface area contributed by atoms with E-state index in [0.717, 1.165) is 36.5 Å². The van der Waals surface area contributed by atoms with Crippen LogP contribution in [0.25, 0.3) is 11.3 Å². The van der Waals surface area contributed by atoms with Crippen molar-refractivity contribution >= 4 is 5.95 Å². The minimum atomic E-state index is 0.634. The fraction of sp³-hybridized carbons (Fsp3) is 0.462. The topological polar surface area (TPSA) is 81.7 Å². The van der Waals surface area contributed by atoms with Gasteiger partial charge in [-0.25, -0.2) is 9.97 Å². The molecule has 0 fully saturated rings. The van der Waals surface area contributed by atoms with Gasteiger partial charge in [-0.3, -0.25) is 4.68 Å². The first-order valence-electron chi connectivity index (χ1n) is 6.56. The lowest BCUT2D eigenvalue weighted by atomic mass is 10.2. The summed E-state index contributed by atoms with van der Waals surface area (Å²) in [6.07, 6.45) is 4.68. The molecule has 0 aliphatic carbocycles. The van der Waals surface area contributed by atoms with Crippen LogP contribution in [0.15, 0.2) is 18.5 Å². The molecule has 0 aliphatic heterocycles. The second-order valence-electron chi connectivity index (χ2n) is 4.32. The predicted molar refractivity (Wildman–Crippen MR) is 75.8 cm³/mol. The molecule has 2 rings (SSSR count). The van der Waals surface area contributed by atoms with Gasteiger partial charge in [0.05, 0.1) is 11.4 Å². The van der Waals surface area contributed by atoms with Gasteiger partial charge in [-0.1, -0.05) is 0 Å². The quantitative estimate of drug-likeness (QED) is 0.768. The van der Waals surface area contributed by atoms with Crippen molar-refractivity contribution in [3.63, 3.8) is 0 Å². The summed E-state index contributed by atoms with van der Waals surface area (Å²) >= 11 is 0. The van der Waals surface area contributed by atoms with Crippen molar-refractivity contribution in [1.82, 2.24) is 19.7 Å².